The summed E-state index contributed by atoms with van der Waals surface area (Å²) < 4.78 is 19.8. The Morgan fingerprint density at radius 2 is 2.08 bits per heavy atom. The van der Waals surface area contributed by atoms with Gasteiger partial charge in [-0.1, -0.05) is 12.1 Å². The minimum Gasteiger partial charge on any atom is -0.504 e. The van der Waals surface area contributed by atoms with E-state index in [0.717, 1.165) is 5.56 Å². The highest BCUT2D eigenvalue weighted by Crippen LogP contribution is 2.26. The van der Waals surface area contributed by atoms with Crippen LogP contribution < -0.4 is 4.74 Å². The molecule has 7 heteroatoms. The van der Waals surface area contributed by atoms with Gasteiger partial charge in [-0.05, 0) is 41.5 Å². The molecule has 1 aromatic heterocycles. The molecule has 1 heterocycles. The predicted octanol–water partition coefficient (Wildman–Crippen LogP) is 3.41. The average molecular weight is 350 g/mol. The molecule has 0 radical (unpaired) electrons. The second-order valence-electron chi connectivity index (χ2n) is 5.47. The van der Waals surface area contributed by atoms with Crippen molar-refractivity contribution in [1.82, 2.24) is 9.55 Å². The number of phenolic OH excluding ortho intramolecular Hbond substituents is 1. The van der Waals surface area contributed by atoms with E-state index >= 15 is 0 Å². The van der Waals surface area contributed by atoms with Crippen LogP contribution in [0.1, 0.15) is 16.8 Å². The molecule has 26 heavy (non-hydrogen) atoms. The molecular formula is C19H15FN4O2. The molecule has 0 aliphatic carbocycles. The Bertz CT molecular complexity index is 988. The van der Waals surface area contributed by atoms with Gasteiger partial charge in [-0.2, -0.15) is 5.26 Å². The van der Waals surface area contributed by atoms with Crippen molar-refractivity contribution in [3.8, 4) is 17.6 Å². The van der Waals surface area contributed by atoms with Gasteiger partial charge in [0.05, 0.1) is 20.0 Å². The molecule has 6 nitrogen and oxygen atoms in total. The summed E-state index contributed by atoms with van der Waals surface area (Å²) in [5.74, 6) is 0.443. The van der Waals surface area contributed by atoms with Gasteiger partial charge < -0.3 is 14.4 Å². The Morgan fingerprint density at radius 1 is 1.31 bits per heavy atom. The summed E-state index contributed by atoms with van der Waals surface area (Å²) in [6.45, 7) is 0.403. The topological polar surface area (TPSA) is 83.4 Å². The molecule has 0 atom stereocenters. The minimum atomic E-state index is -0.309. The number of aliphatic imine (C=N–C) groups is 1. The number of aromatic nitrogens is 2. The number of ether oxygens (including phenoxy) is 1. The summed E-state index contributed by atoms with van der Waals surface area (Å²) >= 11 is 0. The maximum atomic E-state index is 13.0. The van der Waals surface area contributed by atoms with Crippen LogP contribution in [-0.4, -0.2) is 28.0 Å². The Hall–Kier alpha value is -3.66. The number of benzene rings is 2. The van der Waals surface area contributed by atoms with Crippen molar-refractivity contribution in [3.63, 3.8) is 0 Å². The zero-order valence-electron chi connectivity index (χ0n) is 13.9. The summed E-state index contributed by atoms with van der Waals surface area (Å²) in [6, 6.07) is 12.9. The molecule has 0 saturated heterocycles. The van der Waals surface area contributed by atoms with E-state index in [4.69, 9.17) is 4.74 Å². The van der Waals surface area contributed by atoms with Crippen LogP contribution in [0.15, 0.2) is 53.8 Å². The molecule has 1 N–H and O–H groups in total. The fourth-order valence-corrected chi connectivity index (χ4v) is 2.40. The van der Waals surface area contributed by atoms with Gasteiger partial charge >= 0.3 is 0 Å². The lowest BCUT2D eigenvalue weighted by atomic mass is 10.2. The number of imidazole rings is 1. The second-order valence-corrected chi connectivity index (χ2v) is 5.47. The number of methoxy groups -OCH3 is 1. The van der Waals surface area contributed by atoms with Crippen LogP contribution in [0.5, 0.6) is 11.5 Å². The Labute approximate surface area is 149 Å². The van der Waals surface area contributed by atoms with Gasteiger partial charge in [0.25, 0.3) is 0 Å². The highest BCUT2D eigenvalue weighted by Gasteiger charge is 2.10. The monoisotopic (exact) mass is 350 g/mol. The zero-order valence-corrected chi connectivity index (χ0v) is 13.9. The lowest BCUT2D eigenvalue weighted by molar-refractivity contribution is 0.373. The van der Waals surface area contributed by atoms with Gasteiger partial charge in [0.15, 0.2) is 23.0 Å². The number of phenols is 1. The van der Waals surface area contributed by atoms with Crippen molar-refractivity contribution < 1.29 is 14.2 Å². The minimum absolute atomic E-state index is 0.0312. The molecule has 0 aliphatic heterocycles. The zero-order chi connectivity index (χ0) is 18.5. The maximum Gasteiger partial charge on any atom is 0.185 e. The first-order valence-electron chi connectivity index (χ1n) is 7.71. The van der Waals surface area contributed by atoms with Crippen LogP contribution in [-0.2, 0) is 6.54 Å². The van der Waals surface area contributed by atoms with Crippen LogP contribution in [0.3, 0.4) is 0 Å². The van der Waals surface area contributed by atoms with Crippen molar-refractivity contribution in [2.75, 3.05) is 7.11 Å². The molecule has 3 rings (SSSR count). The van der Waals surface area contributed by atoms with Gasteiger partial charge in [0, 0.05) is 6.21 Å². The van der Waals surface area contributed by atoms with E-state index in [2.05, 4.69) is 9.98 Å². The van der Waals surface area contributed by atoms with Crippen LogP contribution in [0.2, 0.25) is 0 Å². The van der Waals surface area contributed by atoms with Crippen LogP contribution in [0.25, 0.3) is 0 Å². The Kier molecular flexibility index (Phi) is 4.94. The summed E-state index contributed by atoms with van der Waals surface area (Å²) in [7, 11) is 1.46. The van der Waals surface area contributed by atoms with E-state index in [-0.39, 0.29) is 17.3 Å². The van der Waals surface area contributed by atoms with E-state index in [1.165, 1.54) is 31.6 Å². The average Bonchev–Trinajstić information content (AvgIpc) is 3.04. The predicted molar refractivity (Wildman–Crippen MR) is 94.4 cm³/mol. The van der Waals surface area contributed by atoms with E-state index < -0.39 is 0 Å². The van der Waals surface area contributed by atoms with Crippen molar-refractivity contribution in [1.29, 1.82) is 5.26 Å². The number of nitriles is 1. The van der Waals surface area contributed by atoms with Gasteiger partial charge in [-0.25, -0.2) is 14.4 Å². The lowest BCUT2D eigenvalue weighted by Crippen LogP contribution is -1.98. The number of nitrogens with zero attached hydrogens (tertiary/aromatic N) is 4. The van der Waals surface area contributed by atoms with Gasteiger partial charge in [0.1, 0.15) is 11.9 Å². The molecule has 0 saturated carbocycles. The number of aromatic hydroxyl groups is 1. The normalized spacial score (nSPS) is 10.8. The van der Waals surface area contributed by atoms with E-state index in [1.807, 2.05) is 6.07 Å². The van der Waals surface area contributed by atoms with E-state index in [0.29, 0.717) is 23.7 Å². The molecule has 0 unspecified atom stereocenters. The first kappa shape index (κ1) is 17.2. The quantitative estimate of drug-likeness (QED) is 0.715. The van der Waals surface area contributed by atoms with Gasteiger partial charge in [0.2, 0.25) is 0 Å². The highest BCUT2D eigenvalue weighted by molar-refractivity contribution is 5.83. The van der Waals surface area contributed by atoms with Crippen molar-refractivity contribution in [2.24, 2.45) is 4.99 Å². The molecule has 3 aromatic rings. The highest BCUT2D eigenvalue weighted by atomic mass is 19.1. The third-order valence-electron chi connectivity index (χ3n) is 3.72. The number of hydrogen-bond donors (Lipinski definition) is 1. The van der Waals surface area contributed by atoms with Crippen LogP contribution >= 0.6 is 0 Å². The van der Waals surface area contributed by atoms with Gasteiger partial charge in [-0.3, -0.25) is 0 Å². The lowest BCUT2D eigenvalue weighted by Gasteiger charge is -2.06. The van der Waals surface area contributed by atoms with Crippen molar-refractivity contribution in [2.45, 2.75) is 6.54 Å². The summed E-state index contributed by atoms with van der Waals surface area (Å²) in [4.78, 5) is 8.43. The van der Waals surface area contributed by atoms with Crippen molar-refractivity contribution in [3.05, 3.63) is 71.4 Å². The Morgan fingerprint density at radius 3 is 2.77 bits per heavy atom. The maximum absolute atomic E-state index is 13.0. The number of halogens is 1. The van der Waals surface area contributed by atoms with E-state index in [9.17, 15) is 14.8 Å². The Balaban J connectivity index is 1.90. The van der Waals surface area contributed by atoms with Crippen LogP contribution in [0, 0.1) is 17.1 Å². The number of rotatable bonds is 5. The molecular weight excluding hydrogens is 335 g/mol. The largest absolute Gasteiger partial charge is 0.504 e. The number of hydrogen-bond acceptors (Lipinski definition) is 5. The van der Waals surface area contributed by atoms with Crippen LogP contribution in [0.4, 0.5) is 10.2 Å². The molecule has 130 valence electrons. The standard InChI is InChI=1S/C19H15FN4O2/c1-26-18-8-14(4-7-17(18)25)10-22-19-16(9-21)23-12-24(19)11-13-2-5-15(20)6-3-13/h2-8,10,12,25H,11H2,1H3. The first-order valence-corrected chi connectivity index (χ1v) is 7.71. The molecule has 0 fully saturated rings. The van der Waals surface area contributed by atoms with Crippen molar-refractivity contribution >= 4 is 12.0 Å². The third-order valence-corrected chi connectivity index (χ3v) is 3.72. The second kappa shape index (κ2) is 7.49. The molecule has 0 bridgehead atoms. The fraction of sp³-hybridized carbons (Fsp3) is 0.105. The van der Waals surface area contributed by atoms with E-state index in [1.54, 1.807) is 35.0 Å². The molecule has 2 aromatic carbocycles. The fourth-order valence-electron chi connectivity index (χ4n) is 2.40. The smallest absolute Gasteiger partial charge is 0.185 e. The SMILES string of the molecule is COc1cc(C=Nc2c(C#N)ncn2Cc2ccc(F)cc2)ccc1O. The summed E-state index contributed by atoms with van der Waals surface area (Å²) in [5, 5.41) is 18.9. The molecule has 0 amide bonds. The third kappa shape index (κ3) is 3.70. The first-order chi connectivity index (χ1) is 12.6. The summed E-state index contributed by atoms with van der Waals surface area (Å²) in [5.41, 5.74) is 1.74. The van der Waals surface area contributed by atoms with Gasteiger partial charge in [-0.15, -0.1) is 0 Å². The molecule has 0 spiro atoms. The molecule has 0 aliphatic rings. The summed E-state index contributed by atoms with van der Waals surface area (Å²) in [6.07, 6.45) is 3.08.